The zero-order valence-corrected chi connectivity index (χ0v) is 11.9. The van der Waals surface area contributed by atoms with Gasteiger partial charge in [0.1, 0.15) is 0 Å². The first kappa shape index (κ1) is 13.9. The van der Waals surface area contributed by atoms with Crippen molar-refractivity contribution in [3.63, 3.8) is 0 Å². The highest BCUT2D eigenvalue weighted by molar-refractivity contribution is 5.98. The van der Waals surface area contributed by atoms with Crippen LogP contribution in [0.3, 0.4) is 0 Å². The van der Waals surface area contributed by atoms with Gasteiger partial charge in [-0.1, -0.05) is 6.92 Å². The number of hydrogen-bond donors (Lipinski definition) is 2. The molecule has 1 aliphatic rings. The monoisotopic (exact) mass is 265 g/mol. The molecule has 2 heterocycles. The first-order valence-electron chi connectivity index (χ1n) is 6.83. The molecule has 6 heteroatoms. The Balaban J connectivity index is 2.16. The smallest absolute Gasteiger partial charge is 0.276 e. The molecule has 0 radical (unpaired) electrons. The molecule has 0 saturated carbocycles. The highest BCUT2D eigenvalue weighted by Crippen LogP contribution is 2.23. The summed E-state index contributed by atoms with van der Waals surface area (Å²) in [5.74, 6) is -0.0437. The number of carbonyl (C=O) groups is 1. The molecular weight excluding hydrogens is 242 g/mol. The molecule has 1 aliphatic heterocycles. The van der Waals surface area contributed by atoms with Gasteiger partial charge in [0.25, 0.3) is 5.91 Å². The second-order valence-corrected chi connectivity index (χ2v) is 5.37. The van der Waals surface area contributed by atoms with Crippen LogP contribution < -0.4 is 5.73 Å². The maximum atomic E-state index is 12.5. The minimum atomic E-state index is -0.0437. The standard InChI is InChI=1S/C13H23N5O/c1-4-10-11(14)12(16-15-10)13(19)18-7-5-6-9(18)8-17(2)3/h9H,4-8,14H2,1-3H3,(H,15,16). The van der Waals surface area contributed by atoms with Crippen molar-refractivity contribution in [2.75, 3.05) is 32.9 Å². The number of aromatic nitrogens is 2. The third-order valence-electron chi connectivity index (χ3n) is 3.65. The molecule has 6 nitrogen and oxygen atoms in total. The zero-order chi connectivity index (χ0) is 14.0. The quantitative estimate of drug-likeness (QED) is 0.841. The Morgan fingerprint density at radius 1 is 1.58 bits per heavy atom. The van der Waals surface area contributed by atoms with Crippen LogP contribution in [0.5, 0.6) is 0 Å². The van der Waals surface area contributed by atoms with Gasteiger partial charge in [0.15, 0.2) is 5.69 Å². The van der Waals surface area contributed by atoms with Gasteiger partial charge in [-0.15, -0.1) is 0 Å². The number of amides is 1. The maximum Gasteiger partial charge on any atom is 0.276 e. The fourth-order valence-corrected chi connectivity index (χ4v) is 2.67. The fourth-order valence-electron chi connectivity index (χ4n) is 2.67. The highest BCUT2D eigenvalue weighted by Gasteiger charge is 2.32. The van der Waals surface area contributed by atoms with Crippen LogP contribution in [0, 0.1) is 0 Å². The summed E-state index contributed by atoms with van der Waals surface area (Å²) in [6.45, 7) is 3.67. The molecule has 1 fully saturated rings. The van der Waals surface area contributed by atoms with E-state index in [2.05, 4.69) is 15.1 Å². The van der Waals surface area contributed by atoms with Crippen LogP contribution >= 0.6 is 0 Å². The van der Waals surface area contributed by atoms with E-state index in [1.807, 2.05) is 25.9 Å². The van der Waals surface area contributed by atoms with Crippen molar-refractivity contribution in [1.29, 1.82) is 0 Å². The number of hydrogen-bond acceptors (Lipinski definition) is 4. The lowest BCUT2D eigenvalue weighted by Crippen LogP contribution is -2.41. The lowest BCUT2D eigenvalue weighted by Gasteiger charge is -2.26. The molecule has 0 aliphatic carbocycles. The van der Waals surface area contributed by atoms with Crippen molar-refractivity contribution in [1.82, 2.24) is 20.0 Å². The van der Waals surface area contributed by atoms with Crippen LogP contribution in [0.15, 0.2) is 0 Å². The number of nitrogens with zero attached hydrogens (tertiary/aromatic N) is 3. The average molecular weight is 265 g/mol. The van der Waals surface area contributed by atoms with Crippen LogP contribution in [0.2, 0.25) is 0 Å². The summed E-state index contributed by atoms with van der Waals surface area (Å²) in [6, 6.07) is 0.267. The lowest BCUT2D eigenvalue weighted by molar-refractivity contribution is 0.0711. The van der Waals surface area contributed by atoms with Crippen LogP contribution in [-0.4, -0.2) is 59.1 Å². The van der Waals surface area contributed by atoms with Crippen molar-refractivity contribution in [3.8, 4) is 0 Å². The van der Waals surface area contributed by atoms with E-state index in [0.717, 1.165) is 38.0 Å². The predicted octanol–water partition coefficient (Wildman–Crippen LogP) is 0.721. The molecule has 3 N–H and O–H groups in total. The van der Waals surface area contributed by atoms with Crippen LogP contribution in [0.4, 0.5) is 5.69 Å². The van der Waals surface area contributed by atoms with Crippen LogP contribution in [0.25, 0.3) is 0 Å². The third-order valence-corrected chi connectivity index (χ3v) is 3.65. The molecule has 1 saturated heterocycles. The summed E-state index contributed by atoms with van der Waals surface area (Å²) in [4.78, 5) is 16.6. The number of nitrogens with one attached hydrogen (secondary N) is 1. The minimum Gasteiger partial charge on any atom is -0.395 e. The van der Waals surface area contributed by atoms with Crippen LogP contribution in [-0.2, 0) is 6.42 Å². The van der Waals surface area contributed by atoms with Crippen molar-refractivity contribution < 1.29 is 4.79 Å². The molecule has 19 heavy (non-hydrogen) atoms. The topological polar surface area (TPSA) is 78.2 Å². The predicted molar refractivity (Wildman–Crippen MR) is 75.0 cm³/mol. The van der Waals surface area contributed by atoms with E-state index in [4.69, 9.17) is 5.73 Å². The van der Waals surface area contributed by atoms with Crippen molar-refractivity contribution >= 4 is 11.6 Å². The molecule has 1 aromatic rings. The van der Waals surface area contributed by atoms with E-state index >= 15 is 0 Å². The summed E-state index contributed by atoms with van der Waals surface area (Å²) in [5.41, 5.74) is 7.70. The van der Waals surface area contributed by atoms with Gasteiger partial charge in [0.2, 0.25) is 0 Å². The lowest BCUT2D eigenvalue weighted by atomic mass is 10.2. The molecule has 1 atom stereocenters. The largest absolute Gasteiger partial charge is 0.395 e. The number of anilines is 1. The van der Waals surface area contributed by atoms with Gasteiger partial charge in [0.05, 0.1) is 11.4 Å². The number of nitrogen functional groups attached to an aromatic ring is 1. The summed E-state index contributed by atoms with van der Waals surface area (Å²) in [6.07, 6.45) is 2.86. The number of aryl methyl sites for hydroxylation is 1. The Morgan fingerprint density at radius 2 is 2.32 bits per heavy atom. The number of carbonyl (C=O) groups excluding carboxylic acids is 1. The van der Waals surface area contributed by atoms with Gasteiger partial charge in [0, 0.05) is 19.1 Å². The Kier molecular flexibility index (Phi) is 4.09. The highest BCUT2D eigenvalue weighted by atomic mass is 16.2. The number of likely N-dealkylation sites (N-methyl/N-ethyl adjacent to an activating group) is 1. The van der Waals surface area contributed by atoms with E-state index in [0.29, 0.717) is 11.4 Å². The van der Waals surface area contributed by atoms with Gasteiger partial charge < -0.3 is 15.5 Å². The molecule has 106 valence electrons. The fraction of sp³-hybridized carbons (Fsp3) is 0.692. The number of nitrogens with two attached hydrogens (primary N) is 1. The van der Waals surface area contributed by atoms with E-state index in [9.17, 15) is 4.79 Å². The Bertz CT molecular complexity index is 454. The van der Waals surface area contributed by atoms with Crippen LogP contribution in [0.1, 0.15) is 35.9 Å². The number of H-pyrrole nitrogens is 1. The second-order valence-electron chi connectivity index (χ2n) is 5.37. The summed E-state index contributed by atoms with van der Waals surface area (Å²) >= 11 is 0. The van der Waals surface area contributed by atoms with E-state index in [-0.39, 0.29) is 11.9 Å². The molecule has 1 amide bonds. The molecule has 2 rings (SSSR count). The van der Waals surface area contributed by atoms with E-state index in [1.165, 1.54) is 0 Å². The Hall–Kier alpha value is -1.56. The number of rotatable bonds is 4. The van der Waals surface area contributed by atoms with Crippen molar-refractivity contribution in [2.24, 2.45) is 0 Å². The van der Waals surface area contributed by atoms with Crippen molar-refractivity contribution in [3.05, 3.63) is 11.4 Å². The van der Waals surface area contributed by atoms with Gasteiger partial charge in [-0.25, -0.2) is 0 Å². The summed E-state index contributed by atoms with van der Waals surface area (Å²) in [7, 11) is 4.05. The first-order chi connectivity index (χ1) is 9.04. The molecular formula is C13H23N5O. The molecule has 1 unspecified atom stereocenters. The van der Waals surface area contributed by atoms with E-state index in [1.54, 1.807) is 0 Å². The average Bonchev–Trinajstić information content (AvgIpc) is 2.94. The first-order valence-corrected chi connectivity index (χ1v) is 6.83. The molecule has 0 aromatic carbocycles. The minimum absolute atomic E-state index is 0.0437. The summed E-state index contributed by atoms with van der Waals surface area (Å²) < 4.78 is 0. The van der Waals surface area contributed by atoms with Gasteiger partial charge >= 0.3 is 0 Å². The molecule has 1 aromatic heterocycles. The normalized spacial score (nSPS) is 19.4. The third kappa shape index (κ3) is 2.73. The number of likely N-dealkylation sites (tertiary alicyclic amines) is 1. The van der Waals surface area contributed by atoms with Gasteiger partial charge in [-0.3, -0.25) is 9.89 Å². The molecule has 0 bridgehead atoms. The second kappa shape index (κ2) is 5.61. The Labute approximate surface area is 113 Å². The summed E-state index contributed by atoms with van der Waals surface area (Å²) in [5, 5.41) is 6.94. The van der Waals surface area contributed by atoms with Crippen molar-refractivity contribution in [2.45, 2.75) is 32.2 Å². The SMILES string of the molecule is CCc1[nH]nc(C(=O)N2CCCC2CN(C)C)c1N. The maximum absolute atomic E-state index is 12.5. The Morgan fingerprint density at radius 3 is 2.89 bits per heavy atom. The van der Waals surface area contributed by atoms with Gasteiger partial charge in [-0.2, -0.15) is 5.10 Å². The number of aromatic amines is 1. The molecule has 0 spiro atoms. The van der Waals surface area contributed by atoms with E-state index < -0.39 is 0 Å². The zero-order valence-electron chi connectivity index (χ0n) is 11.9. The van der Waals surface area contributed by atoms with Gasteiger partial charge in [-0.05, 0) is 33.4 Å².